The van der Waals surface area contributed by atoms with Gasteiger partial charge in [0, 0.05) is 0 Å². The van der Waals surface area contributed by atoms with E-state index < -0.39 is 22.7 Å². The van der Waals surface area contributed by atoms with Crippen LogP contribution in [0.25, 0.3) is 0 Å². The van der Waals surface area contributed by atoms with Crippen LogP contribution in [0.2, 0.25) is 0 Å². The first kappa shape index (κ1) is 22.4. The summed E-state index contributed by atoms with van der Waals surface area (Å²) in [4.78, 5) is 15.0. The Morgan fingerprint density at radius 3 is 2.12 bits per heavy atom. The second-order valence-corrected chi connectivity index (χ2v) is 8.82. The highest BCUT2D eigenvalue weighted by molar-refractivity contribution is 5.77. The van der Waals surface area contributed by atoms with Crippen LogP contribution in [-0.4, -0.2) is 52.6 Å². The topological polar surface area (TPSA) is 70.0 Å². The molecule has 0 spiro atoms. The van der Waals surface area contributed by atoms with Crippen molar-refractivity contribution in [2.75, 3.05) is 19.6 Å². The third-order valence-corrected chi connectivity index (χ3v) is 6.34. The van der Waals surface area contributed by atoms with Gasteiger partial charge in [0.25, 0.3) is 0 Å². The molecule has 0 aromatic rings. The normalized spacial score (nSPS) is 22.7. The van der Waals surface area contributed by atoms with E-state index in [1.54, 1.807) is 6.92 Å². The fraction of sp³-hybridized carbons (Fsp3) is 0.950. The van der Waals surface area contributed by atoms with Crippen molar-refractivity contribution in [2.24, 2.45) is 10.8 Å². The number of nitrogens with zero attached hydrogens (tertiary/aromatic N) is 1. The average molecular weight is 358 g/mol. The molecule has 3 atom stereocenters. The summed E-state index contributed by atoms with van der Waals surface area (Å²) in [6.07, 6.45) is 4.11. The number of aliphatic hydroxyl groups is 2. The number of carbonyl (C=O) groups is 1. The Balaban J connectivity index is 2.75. The van der Waals surface area contributed by atoms with Crippen LogP contribution in [0.15, 0.2) is 0 Å². The molecule has 0 saturated carbocycles. The van der Waals surface area contributed by atoms with Gasteiger partial charge in [0.05, 0.1) is 17.6 Å². The minimum atomic E-state index is -1.10. The highest BCUT2D eigenvalue weighted by Gasteiger charge is 2.49. The van der Waals surface area contributed by atoms with Crippen LogP contribution in [0.4, 0.5) is 0 Å². The van der Waals surface area contributed by atoms with Crippen molar-refractivity contribution in [1.82, 2.24) is 4.90 Å². The summed E-state index contributed by atoms with van der Waals surface area (Å²) in [6, 6.07) is 0. The fourth-order valence-corrected chi connectivity index (χ4v) is 3.83. The van der Waals surface area contributed by atoms with E-state index in [0.717, 1.165) is 25.9 Å². The molecule has 1 heterocycles. The second-order valence-electron chi connectivity index (χ2n) is 8.82. The molecule has 5 nitrogen and oxygen atoms in total. The molecule has 0 radical (unpaired) electrons. The molecular weight excluding hydrogens is 318 g/mol. The lowest BCUT2D eigenvalue weighted by Crippen LogP contribution is -2.48. The monoisotopic (exact) mass is 357 g/mol. The number of esters is 1. The van der Waals surface area contributed by atoms with Crippen LogP contribution >= 0.6 is 0 Å². The Morgan fingerprint density at radius 2 is 1.64 bits per heavy atom. The lowest BCUT2D eigenvalue weighted by atomic mass is 9.60. The van der Waals surface area contributed by atoms with E-state index in [9.17, 15) is 15.0 Å². The number of rotatable bonds is 9. The van der Waals surface area contributed by atoms with Gasteiger partial charge in [0.2, 0.25) is 6.29 Å². The second kappa shape index (κ2) is 8.83. The maximum atomic E-state index is 12.9. The minimum absolute atomic E-state index is 0.374. The van der Waals surface area contributed by atoms with Crippen LogP contribution in [-0.2, 0) is 9.53 Å². The van der Waals surface area contributed by atoms with Gasteiger partial charge in [-0.1, -0.05) is 34.1 Å². The first-order valence-corrected chi connectivity index (χ1v) is 9.81. The van der Waals surface area contributed by atoms with Crippen molar-refractivity contribution < 1.29 is 19.7 Å². The summed E-state index contributed by atoms with van der Waals surface area (Å²) in [5, 5.41) is 20.7. The molecule has 0 aromatic heterocycles. The molecule has 0 aromatic carbocycles. The van der Waals surface area contributed by atoms with Crippen LogP contribution in [0, 0.1) is 10.8 Å². The van der Waals surface area contributed by atoms with E-state index in [1.165, 1.54) is 6.42 Å². The van der Waals surface area contributed by atoms with Crippen LogP contribution < -0.4 is 0 Å². The Kier molecular flexibility index (Phi) is 7.91. The molecule has 0 bridgehead atoms. The van der Waals surface area contributed by atoms with Gasteiger partial charge in [-0.3, -0.25) is 9.69 Å². The maximum absolute atomic E-state index is 12.9. The molecule has 0 amide bonds. The summed E-state index contributed by atoms with van der Waals surface area (Å²) in [7, 11) is 0. The SMILES string of the molecule is CCC(C)(O)CC(C)(C)C(C)(CC)C(=O)OC(O)CN1CCCCC1. The zero-order valence-corrected chi connectivity index (χ0v) is 17.1. The lowest BCUT2D eigenvalue weighted by molar-refractivity contribution is -0.191. The molecule has 1 aliphatic rings. The fourth-order valence-electron chi connectivity index (χ4n) is 3.83. The zero-order chi connectivity index (χ0) is 19.3. The van der Waals surface area contributed by atoms with Crippen molar-refractivity contribution in [3.05, 3.63) is 0 Å². The van der Waals surface area contributed by atoms with E-state index in [0.29, 0.717) is 25.8 Å². The van der Waals surface area contributed by atoms with E-state index in [-0.39, 0.29) is 5.97 Å². The molecule has 1 fully saturated rings. The van der Waals surface area contributed by atoms with Crippen molar-refractivity contribution in [1.29, 1.82) is 0 Å². The summed E-state index contributed by atoms with van der Waals surface area (Å²) in [6.45, 7) is 13.9. The average Bonchev–Trinajstić information content (AvgIpc) is 2.53. The third kappa shape index (κ3) is 5.93. The van der Waals surface area contributed by atoms with Crippen molar-refractivity contribution in [3.63, 3.8) is 0 Å². The lowest BCUT2D eigenvalue weighted by Gasteiger charge is -2.45. The number of aliphatic hydroxyl groups excluding tert-OH is 1. The van der Waals surface area contributed by atoms with Crippen molar-refractivity contribution >= 4 is 5.97 Å². The molecule has 5 heteroatoms. The molecule has 3 unspecified atom stereocenters. The highest BCUT2D eigenvalue weighted by Crippen LogP contribution is 2.48. The third-order valence-electron chi connectivity index (χ3n) is 6.34. The van der Waals surface area contributed by atoms with E-state index >= 15 is 0 Å². The predicted molar refractivity (Wildman–Crippen MR) is 100 cm³/mol. The van der Waals surface area contributed by atoms with E-state index in [4.69, 9.17) is 4.74 Å². The summed E-state index contributed by atoms with van der Waals surface area (Å²) < 4.78 is 5.44. The van der Waals surface area contributed by atoms with Gasteiger partial charge in [-0.15, -0.1) is 0 Å². The van der Waals surface area contributed by atoms with Gasteiger partial charge in [-0.05, 0) is 64.5 Å². The van der Waals surface area contributed by atoms with E-state index in [2.05, 4.69) is 4.90 Å². The molecule has 0 aliphatic carbocycles. The van der Waals surface area contributed by atoms with Gasteiger partial charge in [-0.25, -0.2) is 0 Å². The molecule has 1 aliphatic heterocycles. The van der Waals surface area contributed by atoms with Gasteiger partial charge >= 0.3 is 5.97 Å². The molecule has 148 valence electrons. The molecule has 1 rings (SSSR count). The summed E-state index contributed by atoms with van der Waals surface area (Å²) in [5.41, 5.74) is -2.05. The summed E-state index contributed by atoms with van der Waals surface area (Å²) >= 11 is 0. The highest BCUT2D eigenvalue weighted by atomic mass is 16.6. The Morgan fingerprint density at radius 1 is 1.08 bits per heavy atom. The van der Waals surface area contributed by atoms with Gasteiger partial charge in [-0.2, -0.15) is 0 Å². The van der Waals surface area contributed by atoms with Crippen LogP contribution in [0.3, 0.4) is 0 Å². The zero-order valence-electron chi connectivity index (χ0n) is 17.1. The number of β-amino-alcohol motifs (C(OH)–C–C–N with tert-alkyl or cyclic N) is 1. The van der Waals surface area contributed by atoms with Gasteiger partial charge < -0.3 is 14.9 Å². The number of likely N-dealkylation sites (tertiary alicyclic amines) is 1. The van der Waals surface area contributed by atoms with Gasteiger partial charge in [0.1, 0.15) is 0 Å². The molecule has 2 N–H and O–H groups in total. The Labute approximate surface area is 153 Å². The maximum Gasteiger partial charge on any atom is 0.314 e. The Bertz CT molecular complexity index is 429. The van der Waals surface area contributed by atoms with Crippen molar-refractivity contribution in [2.45, 2.75) is 92.0 Å². The predicted octanol–water partition coefficient (Wildman–Crippen LogP) is 3.33. The minimum Gasteiger partial charge on any atom is -0.434 e. The first-order chi connectivity index (χ1) is 11.5. The number of piperidine rings is 1. The van der Waals surface area contributed by atoms with Crippen LogP contribution in [0.5, 0.6) is 0 Å². The largest absolute Gasteiger partial charge is 0.434 e. The number of hydrogen-bond acceptors (Lipinski definition) is 5. The number of ether oxygens (including phenoxy) is 1. The standard InChI is InChI=1S/C20H39NO4/c1-7-19(5,24)15-18(3,4)20(6,8-2)17(23)25-16(22)14-21-12-10-9-11-13-21/h16,22,24H,7-15H2,1-6H3. The van der Waals surface area contributed by atoms with Gasteiger partial charge in [0.15, 0.2) is 0 Å². The van der Waals surface area contributed by atoms with Crippen LogP contribution in [0.1, 0.15) is 80.1 Å². The van der Waals surface area contributed by atoms with E-state index in [1.807, 2.05) is 34.6 Å². The number of hydrogen-bond donors (Lipinski definition) is 2. The van der Waals surface area contributed by atoms with Crippen molar-refractivity contribution in [3.8, 4) is 0 Å². The first-order valence-electron chi connectivity index (χ1n) is 9.81. The quantitative estimate of drug-likeness (QED) is 0.489. The summed E-state index contributed by atoms with van der Waals surface area (Å²) in [5.74, 6) is -0.378. The number of carbonyl (C=O) groups excluding carboxylic acids is 1. The molecule has 25 heavy (non-hydrogen) atoms. The Hall–Kier alpha value is -0.650. The molecular formula is C20H39NO4. The smallest absolute Gasteiger partial charge is 0.314 e. The molecule has 1 saturated heterocycles.